The van der Waals surface area contributed by atoms with Gasteiger partial charge < -0.3 is 0 Å². The fourth-order valence-corrected chi connectivity index (χ4v) is 2.69. The molecular weight excluding hydrogens is 236 g/mol. The second-order valence-electron chi connectivity index (χ2n) is 4.93. The van der Waals surface area contributed by atoms with Gasteiger partial charge in [-0.25, -0.2) is 0 Å². The van der Waals surface area contributed by atoms with Crippen LogP contribution in [0.4, 0.5) is 0 Å². The lowest BCUT2D eigenvalue weighted by molar-refractivity contribution is 0.384. The van der Waals surface area contributed by atoms with E-state index in [1.165, 1.54) is 44.9 Å². The molecule has 0 saturated heterocycles. The van der Waals surface area contributed by atoms with Crippen molar-refractivity contribution in [2.24, 2.45) is 5.92 Å². The van der Waals surface area contributed by atoms with E-state index in [2.05, 4.69) is 13.8 Å². The highest BCUT2D eigenvalue weighted by atomic mass is 32.2. The zero-order chi connectivity index (χ0) is 13.1. The van der Waals surface area contributed by atoms with Crippen molar-refractivity contribution in [3.8, 4) is 0 Å². The van der Waals surface area contributed by atoms with Gasteiger partial charge in [0.15, 0.2) is 0 Å². The number of hydrogen-bond donors (Lipinski definition) is 1. The van der Waals surface area contributed by atoms with Crippen LogP contribution in [0.2, 0.25) is 0 Å². The minimum absolute atomic E-state index is 0.0800. The second-order valence-corrected chi connectivity index (χ2v) is 6.50. The van der Waals surface area contributed by atoms with Crippen LogP contribution in [0.15, 0.2) is 0 Å². The molecule has 0 aromatic rings. The van der Waals surface area contributed by atoms with Gasteiger partial charge in [0.1, 0.15) is 0 Å². The third-order valence-electron chi connectivity index (χ3n) is 3.20. The largest absolute Gasteiger partial charge is 0.286 e. The van der Waals surface area contributed by atoms with Gasteiger partial charge in [-0.1, -0.05) is 58.8 Å². The average Bonchev–Trinajstić information content (AvgIpc) is 2.23. The van der Waals surface area contributed by atoms with Gasteiger partial charge in [0.05, 0.1) is 5.75 Å². The van der Waals surface area contributed by atoms with Crippen molar-refractivity contribution in [1.82, 2.24) is 0 Å². The summed E-state index contributed by atoms with van der Waals surface area (Å²) in [6.07, 6.45) is 10.1. The molecule has 1 N–H and O–H groups in total. The highest BCUT2D eigenvalue weighted by Gasteiger charge is 2.10. The van der Waals surface area contributed by atoms with Gasteiger partial charge in [0, 0.05) is 0 Å². The summed E-state index contributed by atoms with van der Waals surface area (Å²) in [6, 6.07) is 0. The standard InChI is InChI=1S/C13H28O3S/c1-3-5-7-10-13(9-6-4-2)11-8-12-17(14,15)16/h13H,3-12H2,1-2H3,(H,14,15,16). The van der Waals surface area contributed by atoms with Crippen molar-refractivity contribution in [1.29, 1.82) is 0 Å². The molecule has 0 spiro atoms. The molecule has 0 saturated carbocycles. The predicted molar refractivity (Wildman–Crippen MR) is 72.8 cm³/mol. The molecule has 3 nitrogen and oxygen atoms in total. The van der Waals surface area contributed by atoms with Crippen molar-refractivity contribution in [3.63, 3.8) is 0 Å². The summed E-state index contributed by atoms with van der Waals surface area (Å²) in [4.78, 5) is 0. The smallest absolute Gasteiger partial charge is 0.264 e. The lowest BCUT2D eigenvalue weighted by Gasteiger charge is -2.15. The summed E-state index contributed by atoms with van der Waals surface area (Å²) >= 11 is 0. The molecule has 104 valence electrons. The molecule has 0 aliphatic rings. The van der Waals surface area contributed by atoms with Gasteiger partial charge in [0.2, 0.25) is 0 Å². The Kier molecular flexibility index (Phi) is 9.84. The Morgan fingerprint density at radius 2 is 1.41 bits per heavy atom. The normalized spacial score (nSPS) is 13.8. The van der Waals surface area contributed by atoms with Crippen LogP contribution < -0.4 is 0 Å². The van der Waals surface area contributed by atoms with Crippen molar-refractivity contribution in [3.05, 3.63) is 0 Å². The quantitative estimate of drug-likeness (QED) is 0.452. The highest BCUT2D eigenvalue weighted by Crippen LogP contribution is 2.22. The van der Waals surface area contributed by atoms with Crippen molar-refractivity contribution >= 4 is 10.1 Å². The first-order valence-corrected chi connectivity index (χ1v) is 8.55. The SMILES string of the molecule is CCCCCC(CCCC)CCCS(=O)(=O)O. The van der Waals surface area contributed by atoms with Crippen LogP contribution in [0.5, 0.6) is 0 Å². The maximum atomic E-state index is 10.6. The van der Waals surface area contributed by atoms with Crippen LogP contribution in [-0.4, -0.2) is 18.7 Å². The zero-order valence-corrected chi connectivity index (χ0v) is 12.1. The first-order valence-electron chi connectivity index (χ1n) is 6.94. The summed E-state index contributed by atoms with van der Waals surface area (Å²) < 4.78 is 30.0. The summed E-state index contributed by atoms with van der Waals surface area (Å²) in [6.45, 7) is 4.38. The van der Waals surface area contributed by atoms with E-state index in [1.54, 1.807) is 0 Å². The second kappa shape index (κ2) is 9.89. The van der Waals surface area contributed by atoms with Crippen molar-refractivity contribution in [2.45, 2.75) is 71.6 Å². The lowest BCUT2D eigenvalue weighted by atomic mass is 9.91. The van der Waals surface area contributed by atoms with Gasteiger partial charge in [-0.2, -0.15) is 8.42 Å². The maximum absolute atomic E-state index is 10.6. The van der Waals surface area contributed by atoms with Gasteiger partial charge in [-0.05, 0) is 18.8 Å². The average molecular weight is 264 g/mol. The maximum Gasteiger partial charge on any atom is 0.264 e. The molecule has 17 heavy (non-hydrogen) atoms. The van der Waals surface area contributed by atoms with E-state index in [1.807, 2.05) is 0 Å². The van der Waals surface area contributed by atoms with Gasteiger partial charge in [-0.3, -0.25) is 4.55 Å². The van der Waals surface area contributed by atoms with Crippen LogP contribution >= 0.6 is 0 Å². The number of hydrogen-bond acceptors (Lipinski definition) is 2. The molecule has 1 atom stereocenters. The van der Waals surface area contributed by atoms with Crippen LogP contribution in [0, 0.1) is 5.92 Å². The molecule has 4 heteroatoms. The minimum Gasteiger partial charge on any atom is -0.286 e. The van der Waals surface area contributed by atoms with Crippen LogP contribution in [-0.2, 0) is 10.1 Å². The summed E-state index contributed by atoms with van der Waals surface area (Å²) in [7, 11) is -3.77. The third kappa shape index (κ3) is 12.2. The molecule has 0 aromatic heterocycles. The number of unbranched alkanes of at least 4 members (excludes halogenated alkanes) is 3. The Hall–Kier alpha value is -0.0900. The van der Waals surface area contributed by atoms with E-state index in [4.69, 9.17) is 4.55 Å². The highest BCUT2D eigenvalue weighted by molar-refractivity contribution is 7.85. The summed E-state index contributed by atoms with van der Waals surface area (Å²) in [5.41, 5.74) is 0. The van der Waals surface area contributed by atoms with E-state index in [-0.39, 0.29) is 5.75 Å². The Morgan fingerprint density at radius 1 is 0.882 bits per heavy atom. The van der Waals surface area contributed by atoms with Crippen LogP contribution in [0.25, 0.3) is 0 Å². The number of rotatable bonds is 11. The molecule has 0 radical (unpaired) electrons. The molecule has 0 aliphatic heterocycles. The van der Waals surface area contributed by atoms with Crippen LogP contribution in [0.1, 0.15) is 71.6 Å². The van der Waals surface area contributed by atoms with Crippen molar-refractivity contribution < 1.29 is 13.0 Å². The molecular formula is C13H28O3S. The third-order valence-corrected chi connectivity index (χ3v) is 4.00. The summed E-state index contributed by atoms with van der Waals surface area (Å²) in [5.74, 6) is 0.562. The molecule has 0 aliphatic carbocycles. The van der Waals surface area contributed by atoms with E-state index in [0.717, 1.165) is 6.42 Å². The monoisotopic (exact) mass is 264 g/mol. The first-order chi connectivity index (χ1) is 7.99. The molecule has 0 amide bonds. The predicted octanol–water partition coefficient (Wildman–Crippen LogP) is 4.04. The lowest BCUT2D eigenvalue weighted by Crippen LogP contribution is -2.07. The Morgan fingerprint density at radius 3 is 1.94 bits per heavy atom. The van der Waals surface area contributed by atoms with Crippen molar-refractivity contribution in [2.75, 3.05) is 5.75 Å². The summed E-state index contributed by atoms with van der Waals surface area (Å²) in [5, 5.41) is 0. The Balaban J connectivity index is 3.83. The molecule has 0 rings (SSSR count). The van der Waals surface area contributed by atoms with E-state index < -0.39 is 10.1 Å². The van der Waals surface area contributed by atoms with Gasteiger partial charge in [-0.15, -0.1) is 0 Å². The molecule has 1 unspecified atom stereocenters. The topological polar surface area (TPSA) is 54.4 Å². The van der Waals surface area contributed by atoms with E-state index in [9.17, 15) is 8.42 Å². The van der Waals surface area contributed by atoms with Gasteiger partial charge >= 0.3 is 0 Å². The van der Waals surface area contributed by atoms with E-state index >= 15 is 0 Å². The van der Waals surface area contributed by atoms with Gasteiger partial charge in [0.25, 0.3) is 10.1 Å². The fraction of sp³-hybridized carbons (Fsp3) is 1.00. The zero-order valence-electron chi connectivity index (χ0n) is 11.3. The molecule has 0 fully saturated rings. The minimum atomic E-state index is -3.77. The Bertz CT molecular complexity index is 260. The van der Waals surface area contributed by atoms with E-state index in [0.29, 0.717) is 12.3 Å². The first kappa shape index (κ1) is 16.9. The molecule has 0 bridgehead atoms. The molecule has 0 heterocycles. The Labute approximate surface area is 107 Å². The molecule has 0 aromatic carbocycles. The van der Waals surface area contributed by atoms with Crippen LogP contribution in [0.3, 0.4) is 0 Å². The fourth-order valence-electron chi connectivity index (χ4n) is 2.16.